The lowest BCUT2D eigenvalue weighted by Gasteiger charge is -2.23. The van der Waals surface area contributed by atoms with Crippen molar-refractivity contribution in [1.29, 1.82) is 5.26 Å². The normalized spacial score (nSPS) is 15.5. The first-order valence-electron chi connectivity index (χ1n) is 10.9. The number of ether oxygens (including phenoxy) is 1. The van der Waals surface area contributed by atoms with Crippen LogP contribution in [0, 0.1) is 11.3 Å². The van der Waals surface area contributed by atoms with Crippen LogP contribution in [0.25, 0.3) is 22.0 Å². The number of carbonyl (C=O) groups is 1. The standard InChI is InChI=1S/C25H26N6O2/c1-16(13-26)14-29-23-20-12-18(6-5-17(20)7-8-22(23)33-2)21-9-11-28-24(31-21)25(32)30-19-4-3-10-27-15-19/h5-9,11-12,19,27,29H,1,3-4,10,14-15H2,2H3,(H,30,32)/t19-/m0/s1. The van der Waals surface area contributed by atoms with E-state index < -0.39 is 0 Å². The van der Waals surface area contributed by atoms with Crippen LogP contribution in [0.2, 0.25) is 0 Å². The van der Waals surface area contributed by atoms with Crippen LogP contribution in [0.3, 0.4) is 0 Å². The van der Waals surface area contributed by atoms with E-state index in [1.54, 1.807) is 19.4 Å². The van der Waals surface area contributed by atoms with Gasteiger partial charge >= 0.3 is 0 Å². The maximum absolute atomic E-state index is 12.7. The van der Waals surface area contributed by atoms with Crippen molar-refractivity contribution >= 4 is 22.4 Å². The average molecular weight is 443 g/mol. The molecule has 33 heavy (non-hydrogen) atoms. The molecule has 1 aromatic heterocycles. The molecule has 1 aliphatic heterocycles. The van der Waals surface area contributed by atoms with Gasteiger partial charge in [-0.3, -0.25) is 4.79 Å². The van der Waals surface area contributed by atoms with Gasteiger partial charge in [-0.1, -0.05) is 24.8 Å². The number of carbonyl (C=O) groups excluding carboxylic acids is 1. The summed E-state index contributed by atoms with van der Waals surface area (Å²) in [7, 11) is 1.60. The third kappa shape index (κ3) is 5.10. The molecule has 1 fully saturated rings. The van der Waals surface area contributed by atoms with Crippen molar-refractivity contribution < 1.29 is 9.53 Å². The van der Waals surface area contributed by atoms with E-state index in [-0.39, 0.29) is 17.8 Å². The van der Waals surface area contributed by atoms with Gasteiger partial charge in [0.2, 0.25) is 5.82 Å². The number of nitriles is 1. The Kier molecular flexibility index (Phi) is 6.81. The highest BCUT2D eigenvalue weighted by atomic mass is 16.5. The van der Waals surface area contributed by atoms with Crippen molar-refractivity contribution in [3.63, 3.8) is 0 Å². The summed E-state index contributed by atoms with van der Waals surface area (Å²) < 4.78 is 5.53. The molecule has 1 aliphatic rings. The zero-order chi connectivity index (χ0) is 23.2. The van der Waals surface area contributed by atoms with Crippen LogP contribution in [0.1, 0.15) is 23.5 Å². The van der Waals surface area contributed by atoms with Gasteiger partial charge in [0, 0.05) is 41.9 Å². The summed E-state index contributed by atoms with van der Waals surface area (Å²) in [5, 5.41) is 20.5. The van der Waals surface area contributed by atoms with Gasteiger partial charge in [-0.25, -0.2) is 9.97 Å². The summed E-state index contributed by atoms with van der Waals surface area (Å²) in [5.74, 6) is 0.534. The number of piperidine rings is 1. The lowest BCUT2D eigenvalue weighted by Crippen LogP contribution is -2.46. The molecule has 1 amide bonds. The largest absolute Gasteiger partial charge is 0.495 e. The molecule has 4 rings (SSSR count). The monoisotopic (exact) mass is 442 g/mol. The van der Waals surface area contributed by atoms with Crippen LogP contribution in [-0.2, 0) is 0 Å². The summed E-state index contributed by atoms with van der Waals surface area (Å²) in [5.41, 5.74) is 2.68. The predicted molar refractivity (Wildman–Crippen MR) is 128 cm³/mol. The quantitative estimate of drug-likeness (QED) is 0.482. The Bertz CT molecular complexity index is 1230. The zero-order valence-corrected chi connectivity index (χ0v) is 18.5. The van der Waals surface area contributed by atoms with E-state index in [1.165, 1.54) is 0 Å². The van der Waals surface area contributed by atoms with Gasteiger partial charge in [-0.15, -0.1) is 0 Å². The molecule has 3 aromatic rings. The third-order valence-corrected chi connectivity index (χ3v) is 5.63. The van der Waals surface area contributed by atoms with Crippen molar-refractivity contribution in [2.45, 2.75) is 18.9 Å². The maximum Gasteiger partial charge on any atom is 0.289 e. The fourth-order valence-electron chi connectivity index (χ4n) is 3.90. The van der Waals surface area contributed by atoms with E-state index in [0.717, 1.165) is 48.0 Å². The van der Waals surface area contributed by atoms with Crippen LogP contribution >= 0.6 is 0 Å². The number of fused-ring (bicyclic) bond motifs is 1. The molecule has 8 nitrogen and oxygen atoms in total. The first-order valence-corrected chi connectivity index (χ1v) is 10.9. The minimum absolute atomic E-state index is 0.0865. The van der Waals surface area contributed by atoms with E-state index >= 15 is 0 Å². The first-order chi connectivity index (χ1) is 16.1. The molecule has 8 heteroatoms. The number of rotatable bonds is 7. The minimum Gasteiger partial charge on any atom is -0.495 e. The van der Waals surface area contributed by atoms with Gasteiger partial charge in [0.15, 0.2) is 0 Å². The van der Waals surface area contributed by atoms with Gasteiger partial charge in [0.1, 0.15) is 5.75 Å². The fourth-order valence-corrected chi connectivity index (χ4v) is 3.90. The van der Waals surface area contributed by atoms with E-state index in [4.69, 9.17) is 10.00 Å². The number of benzene rings is 2. The number of hydrogen-bond acceptors (Lipinski definition) is 7. The maximum atomic E-state index is 12.7. The van der Waals surface area contributed by atoms with Crippen molar-refractivity contribution in [1.82, 2.24) is 20.6 Å². The molecule has 3 N–H and O–H groups in total. The SMILES string of the molecule is C=C(C#N)CNc1c(OC)ccc2ccc(-c3ccnc(C(=O)N[C@H]4CCCNC4)n3)cc12. The summed E-state index contributed by atoms with van der Waals surface area (Å²) in [6, 6.07) is 13.7. The molecule has 0 spiro atoms. The predicted octanol–water partition coefficient (Wildman–Crippen LogP) is 3.28. The molecular formula is C25H26N6O2. The van der Waals surface area contributed by atoms with Crippen LogP contribution in [-0.4, -0.2) is 48.7 Å². The third-order valence-electron chi connectivity index (χ3n) is 5.63. The summed E-state index contributed by atoms with van der Waals surface area (Å²) >= 11 is 0. The highest BCUT2D eigenvalue weighted by molar-refractivity contribution is 5.99. The second-order valence-corrected chi connectivity index (χ2v) is 7.93. The fraction of sp³-hybridized carbons (Fsp3) is 0.280. The number of hydrogen-bond donors (Lipinski definition) is 3. The van der Waals surface area contributed by atoms with Gasteiger partial charge in [0.05, 0.1) is 24.6 Å². The molecule has 0 saturated carbocycles. The molecule has 0 aliphatic carbocycles. The Labute approximate surface area is 192 Å². The molecule has 1 saturated heterocycles. The Morgan fingerprint density at radius 3 is 2.94 bits per heavy atom. The summed E-state index contributed by atoms with van der Waals surface area (Å²) in [6.45, 7) is 5.78. The van der Waals surface area contributed by atoms with Gasteiger partial charge in [-0.2, -0.15) is 5.26 Å². The second kappa shape index (κ2) is 10.1. The number of anilines is 1. The molecule has 0 unspecified atom stereocenters. The Hall–Kier alpha value is -3.96. The Morgan fingerprint density at radius 1 is 1.33 bits per heavy atom. The highest BCUT2D eigenvalue weighted by Crippen LogP contribution is 2.35. The van der Waals surface area contributed by atoms with Gasteiger partial charge < -0.3 is 20.7 Å². The number of nitrogens with zero attached hydrogens (tertiary/aromatic N) is 3. The number of methoxy groups -OCH3 is 1. The smallest absolute Gasteiger partial charge is 0.289 e. The van der Waals surface area contributed by atoms with E-state index in [0.29, 0.717) is 23.6 Å². The van der Waals surface area contributed by atoms with Crippen LogP contribution in [0.5, 0.6) is 5.75 Å². The molecule has 2 aromatic carbocycles. The van der Waals surface area contributed by atoms with Crippen molar-refractivity contribution in [2.24, 2.45) is 0 Å². The van der Waals surface area contributed by atoms with Gasteiger partial charge in [0.25, 0.3) is 5.91 Å². The van der Waals surface area contributed by atoms with Crippen molar-refractivity contribution in [3.8, 4) is 23.1 Å². The van der Waals surface area contributed by atoms with E-state index in [2.05, 4.69) is 32.5 Å². The minimum atomic E-state index is -0.273. The van der Waals surface area contributed by atoms with E-state index in [9.17, 15) is 4.79 Å². The van der Waals surface area contributed by atoms with Crippen molar-refractivity contribution in [3.05, 3.63) is 60.6 Å². The lowest BCUT2D eigenvalue weighted by molar-refractivity contribution is 0.0920. The average Bonchev–Trinajstić information content (AvgIpc) is 2.87. The second-order valence-electron chi connectivity index (χ2n) is 7.93. The number of aromatic nitrogens is 2. The Morgan fingerprint density at radius 2 is 2.18 bits per heavy atom. The lowest BCUT2D eigenvalue weighted by atomic mass is 10.0. The topological polar surface area (TPSA) is 112 Å². The molecule has 2 heterocycles. The van der Waals surface area contributed by atoms with Crippen molar-refractivity contribution in [2.75, 3.05) is 32.1 Å². The Balaban J connectivity index is 1.65. The molecular weight excluding hydrogens is 416 g/mol. The van der Waals surface area contributed by atoms with Crippen LogP contribution < -0.4 is 20.7 Å². The van der Waals surface area contributed by atoms with Crippen LogP contribution in [0.4, 0.5) is 5.69 Å². The first kappa shape index (κ1) is 22.2. The highest BCUT2D eigenvalue weighted by Gasteiger charge is 2.19. The van der Waals surface area contributed by atoms with Crippen LogP contribution in [0.15, 0.2) is 54.7 Å². The number of amides is 1. The molecule has 168 valence electrons. The van der Waals surface area contributed by atoms with Gasteiger partial charge in [-0.05, 0) is 43.0 Å². The molecule has 1 atom stereocenters. The molecule has 0 radical (unpaired) electrons. The molecule has 0 bridgehead atoms. The summed E-state index contributed by atoms with van der Waals surface area (Å²) in [6.07, 6.45) is 3.58. The van der Waals surface area contributed by atoms with E-state index in [1.807, 2.05) is 36.4 Å². The number of nitrogens with one attached hydrogen (secondary N) is 3. The zero-order valence-electron chi connectivity index (χ0n) is 18.5. The summed E-state index contributed by atoms with van der Waals surface area (Å²) in [4.78, 5) is 21.4.